The van der Waals surface area contributed by atoms with E-state index in [0.717, 1.165) is 23.1 Å². The number of carbonyl (C=O) groups excluding carboxylic acids is 1. The molecule has 0 aliphatic carbocycles. The van der Waals surface area contributed by atoms with Crippen LogP contribution in [0.15, 0.2) is 48.5 Å². The van der Waals surface area contributed by atoms with Crippen molar-refractivity contribution in [1.29, 1.82) is 0 Å². The minimum Gasteiger partial charge on any atom is -0.495 e. The van der Waals surface area contributed by atoms with Gasteiger partial charge in [-0.3, -0.25) is 14.7 Å². The number of benzene rings is 2. The first-order chi connectivity index (χ1) is 13.2. The molecule has 0 spiro atoms. The molecule has 1 aliphatic rings. The second-order valence-electron chi connectivity index (χ2n) is 6.48. The largest absolute Gasteiger partial charge is 0.495 e. The van der Waals surface area contributed by atoms with E-state index in [2.05, 4.69) is 10.3 Å². The van der Waals surface area contributed by atoms with Gasteiger partial charge < -0.3 is 15.2 Å². The Hall–Kier alpha value is -2.61. The highest BCUT2D eigenvalue weighted by Crippen LogP contribution is 2.31. The second kappa shape index (κ2) is 8.60. The quantitative estimate of drug-likeness (QED) is 0.684. The summed E-state index contributed by atoms with van der Waals surface area (Å²) in [6.07, 6.45) is 0.873. The monoisotopic (exact) mass is 402 g/mol. The summed E-state index contributed by atoms with van der Waals surface area (Å²) in [5.74, 6) is 0.916. The lowest BCUT2D eigenvalue weighted by molar-refractivity contribution is -0.126. The van der Waals surface area contributed by atoms with Crippen LogP contribution in [0, 0.1) is 0 Å². The Bertz CT molecular complexity index is 975. The number of nitrogens with two attached hydrogens (primary N) is 1. The minimum absolute atomic E-state index is 0. The van der Waals surface area contributed by atoms with Crippen LogP contribution >= 0.6 is 12.4 Å². The number of para-hydroxylation sites is 4. The van der Waals surface area contributed by atoms with Crippen molar-refractivity contribution in [3.63, 3.8) is 0 Å². The molecule has 2 heterocycles. The molecular weight excluding hydrogens is 380 g/mol. The van der Waals surface area contributed by atoms with Gasteiger partial charge in [0.15, 0.2) is 0 Å². The van der Waals surface area contributed by atoms with Crippen LogP contribution in [-0.2, 0) is 9.53 Å². The number of fused-ring (bicyclic) bond motifs is 1. The van der Waals surface area contributed by atoms with Gasteiger partial charge >= 0.3 is 0 Å². The molecule has 3 N–H and O–H groups in total. The van der Waals surface area contributed by atoms with E-state index in [1.165, 1.54) is 0 Å². The molecule has 3 aromatic rings. The van der Waals surface area contributed by atoms with Crippen molar-refractivity contribution in [3.05, 3.63) is 48.5 Å². The van der Waals surface area contributed by atoms with Crippen molar-refractivity contribution in [3.8, 4) is 11.4 Å². The number of rotatable bonds is 5. The fourth-order valence-corrected chi connectivity index (χ4v) is 3.43. The lowest BCUT2D eigenvalue weighted by Crippen LogP contribution is -2.30. The van der Waals surface area contributed by atoms with Crippen LogP contribution in [-0.4, -0.2) is 41.3 Å². The molecule has 7 nitrogen and oxygen atoms in total. The van der Waals surface area contributed by atoms with Gasteiger partial charge in [-0.1, -0.05) is 24.3 Å². The number of anilines is 1. The first-order valence-electron chi connectivity index (χ1n) is 8.98. The number of aromatic nitrogens is 2. The number of halogens is 1. The van der Waals surface area contributed by atoms with Crippen molar-refractivity contribution >= 4 is 35.3 Å². The van der Waals surface area contributed by atoms with Crippen LogP contribution in [0.5, 0.6) is 5.75 Å². The summed E-state index contributed by atoms with van der Waals surface area (Å²) in [4.78, 5) is 17.3. The molecule has 1 saturated heterocycles. The van der Waals surface area contributed by atoms with E-state index in [1.54, 1.807) is 7.11 Å². The van der Waals surface area contributed by atoms with Crippen molar-refractivity contribution in [2.24, 2.45) is 5.73 Å². The number of imidazole rings is 1. The van der Waals surface area contributed by atoms with Gasteiger partial charge in [-0.15, -0.1) is 12.4 Å². The molecule has 2 aromatic carbocycles. The molecule has 0 unspecified atom stereocenters. The molecule has 8 heteroatoms. The lowest BCUT2D eigenvalue weighted by atomic mass is 10.2. The Morgan fingerprint density at radius 3 is 2.75 bits per heavy atom. The standard InChI is InChI=1S/C20H22N4O3.ClH/c1-26-17-9-5-4-8-16(17)24-15-7-3-2-6-14(15)22-20(24)23-19(25)18-11-10-13(12-21)27-18;/h2-9,13,18H,10-12,21H2,1H3,(H,22,23,25);1H/t13-,18+;/m1./s1. The van der Waals surface area contributed by atoms with Gasteiger partial charge in [-0.2, -0.15) is 0 Å². The van der Waals surface area contributed by atoms with Gasteiger partial charge in [0.1, 0.15) is 11.9 Å². The van der Waals surface area contributed by atoms with Crippen LogP contribution in [0.3, 0.4) is 0 Å². The summed E-state index contributed by atoms with van der Waals surface area (Å²) in [7, 11) is 1.62. The third kappa shape index (κ3) is 3.69. The summed E-state index contributed by atoms with van der Waals surface area (Å²) in [5.41, 5.74) is 8.11. The lowest BCUT2D eigenvalue weighted by Gasteiger charge is -2.15. The molecule has 4 rings (SSSR count). The number of nitrogens with one attached hydrogen (secondary N) is 1. The fraction of sp³-hybridized carbons (Fsp3) is 0.300. The van der Waals surface area contributed by atoms with Gasteiger partial charge in [0.05, 0.1) is 29.9 Å². The molecule has 1 aromatic heterocycles. The highest BCUT2D eigenvalue weighted by Gasteiger charge is 2.31. The highest BCUT2D eigenvalue weighted by atomic mass is 35.5. The van der Waals surface area contributed by atoms with E-state index in [0.29, 0.717) is 24.7 Å². The number of methoxy groups -OCH3 is 1. The van der Waals surface area contributed by atoms with E-state index in [1.807, 2.05) is 53.1 Å². The minimum atomic E-state index is -0.510. The summed E-state index contributed by atoms with van der Waals surface area (Å²) < 4.78 is 13.1. The van der Waals surface area contributed by atoms with Crippen LogP contribution in [0.2, 0.25) is 0 Å². The molecule has 148 valence electrons. The smallest absolute Gasteiger partial charge is 0.255 e. The van der Waals surface area contributed by atoms with Crippen LogP contribution < -0.4 is 15.8 Å². The van der Waals surface area contributed by atoms with Crippen LogP contribution in [0.4, 0.5) is 5.95 Å². The highest BCUT2D eigenvalue weighted by molar-refractivity contribution is 5.95. The van der Waals surface area contributed by atoms with Gasteiger partial charge in [-0.05, 0) is 37.1 Å². The van der Waals surface area contributed by atoms with Crippen molar-refractivity contribution in [1.82, 2.24) is 9.55 Å². The van der Waals surface area contributed by atoms with Gasteiger partial charge in [-0.25, -0.2) is 4.98 Å². The summed E-state index contributed by atoms with van der Waals surface area (Å²) in [5, 5.41) is 2.93. The van der Waals surface area contributed by atoms with Crippen molar-refractivity contribution in [2.45, 2.75) is 25.0 Å². The van der Waals surface area contributed by atoms with Crippen LogP contribution in [0.1, 0.15) is 12.8 Å². The molecule has 1 fully saturated rings. The summed E-state index contributed by atoms with van der Waals surface area (Å²) >= 11 is 0. The van der Waals surface area contributed by atoms with Gasteiger partial charge in [0, 0.05) is 6.54 Å². The average molecular weight is 403 g/mol. The molecule has 0 radical (unpaired) electrons. The topological polar surface area (TPSA) is 91.4 Å². The fourth-order valence-electron chi connectivity index (χ4n) is 3.43. The van der Waals surface area contributed by atoms with E-state index < -0.39 is 6.10 Å². The average Bonchev–Trinajstić information content (AvgIpc) is 3.32. The first-order valence-corrected chi connectivity index (χ1v) is 8.98. The van der Waals surface area contributed by atoms with E-state index in [9.17, 15) is 4.79 Å². The maximum Gasteiger partial charge on any atom is 0.255 e. The third-order valence-corrected chi connectivity index (χ3v) is 4.78. The number of hydrogen-bond donors (Lipinski definition) is 2. The summed E-state index contributed by atoms with van der Waals surface area (Å²) in [6, 6.07) is 15.4. The third-order valence-electron chi connectivity index (χ3n) is 4.78. The number of amides is 1. The zero-order chi connectivity index (χ0) is 18.8. The zero-order valence-corrected chi connectivity index (χ0v) is 16.3. The summed E-state index contributed by atoms with van der Waals surface area (Å²) in [6.45, 7) is 0.420. The Morgan fingerprint density at radius 2 is 2.00 bits per heavy atom. The number of ether oxygens (including phenoxy) is 2. The Kier molecular flexibility index (Phi) is 6.18. The molecule has 1 aliphatic heterocycles. The Balaban J connectivity index is 0.00000225. The maximum atomic E-state index is 12.7. The van der Waals surface area contributed by atoms with E-state index in [4.69, 9.17) is 15.2 Å². The Labute approximate surface area is 169 Å². The molecule has 28 heavy (non-hydrogen) atoms. The molecule has 1 amide bonds. The predicted octanol–water partition coefficient (Wildman–Crippen LogP) is 2.90. The molecule has 0 saturated carbocycles. The second-order valence-corrected chi connectivity index (χ2v) is 6.48. The molecule has 0 bridgehead atoms. The van der Waals surface area contributed by atoms with Gasteiger partial charge in [0.25, 0.3) is 5.91 Å². The van der Waals surface area contributed by atoms with E-state index >= 15 is 0 Å². The van der Waals surface area contributed by atoms with Crippen molar-refractivity contribution < 1.29 is 14.3 Å². The Morgan fingerprint density at radius 1 is 1.25 bits per heavy atom. The van der Waals surface area contributed by atoms with E-state index in [-0.39, 0.29) is 24.4 Å². The normalized spacial score (nSPS) is 18.6. The first kappa shape index (κ1) is 20.1. The maximum absolute atomic E-state index is 12.7. The van der Waals surface area contributed by atoms with Gasteiger partial charge in [0.2, 0.25) is 5.95 Å². The SMILES string of the molecule is COc1ccccc1-n1c(NC(=O)[C@@H]2CC[C@H](CN)O2)nc2ccccc21.Cl. The molecular formula is C20H23ClN4O3. The number of nitrogens with zero attached hydrogens (tertiary/aromatic N) is 2. The van der Waals surface area contributed by atoms with Crippen molar-refractivity contribution in [2.75, 3.05) is 19.0 Å². The number of hydrogen-bond acceptors (Lipinski definition) is 5. The van der Waals surface area contributed by atoms with Crippen LogP contribution in [0.25, 0.3) is 16.7 Å². The molecule has 2 atom stereocenters. The predicted molar refractivity (Wildman–Crippen MR) is 110 cm³/mol. The number of carbonyl (C=O) groups is 1. The zero-order valence-electron chi connectivity index (χ0n) is 15.5.